The Bertz CT molecular complexity index is 981. The number of hydrogen-bond acceptors (Lipinski definition) is 3. The summed E-state index contributed by atoms with van der Waals surface area (Å²) in [4.78, 5) is 22.2. The number of imidazole rings is 1. The molecule has 1 aromatic carbocycles. The molecule has 1 atom stereocenters. The molecule has 134 valence electrons. The van der Waals surface area contributed by atoms with Crippen molar-refractivity contribution in [3.8, 4) is 0 Å². The number of nitrogens with one attached hydrogen (secondary N) is 1. The zero-order valence-corrected chi connectivity index (χ0v) is 14.9. The van der Waals surface area contributed by atoms with Gasteiger partial charge < -0.3 is 0 Å². The van der Waals surface area contributed by atoms with Crippen molar-refractivity contribution in [1.29, 1.82) is 0 Å². The minimum absolute atomic E-state index is 0.0276. The maximum absolute atomic E-state index is 12.4. The maximum atomic E-state index is 12.4. The van der Waals surface area contributed by atoms with E-state index in [1.165, 1.54) is 30.4 Å². The Morgan fingerprint density at radius 3 is 2.77 bits per heavy atom. The van der Waals surface area contributed by atoms with Gasteiger partial charge in [0.05, 0.1) is 5.52 Å². The van der Waals surface area contributed by atoms with Gasteiger partial charge in [-0.2, -0.15) is 0 Å². The number of aromatic amines is 1. The lowest BCUT2D eigenvalue weighted by atomic mass is 9.86. The van der Waals surface area contributed by atoms with Crippen LogP contribution in [0, 0.1) is 0 Å². The van der Waals surface area contributed by atoms with Crippen LogP contribution in [0.1, 0.15) is 48.9 Å². The average Bonchev–Trinajstić information content (AvgIpc) is 3.03. The molecule has 3 aromatic rings. The summed E-state index contributed by atoms with van der Waals surface area (Å²) in [6.07, 6.45) is 7.49. The van der Waals surface area contributed by atoms with E-state index >= 15 is 0 Å². The van der Waals surface area contributed by atoms with Gasteiger partial charge in [0.2, 0.25) is 0 Å². The van der Waals surface area contributed by atoms with E-state index in [9.17, 15) is 4.79 Å². The van der Waals surface area contributed by atoms with Crippen LogP contribution in [0.4, 0.5) is 0 Å². The van der Waals surface area contributed by atoms with Crippen LogP contribution in [0.15, 0.2) is 47.4 Å². The fraction of sp³-hybridized carbons (Fsp3) is 0.429. The molecule has 2 aromatic heterocycles. The Hall–Kier alpha value is -2.40. The zero-order chi connectivity index (χ0) is 17.5. The largest absolute Gasteiger partial charge is 0.327 e. The molecule has 0 spiro atoms. The highest BCUT2D eigenvalue weighted by atomic mass is 16.1. The first-order chi connectivity index (χ1) is 12.8. The fourth-order valence-electron chi connectivity index (χ4n) is 4.88. The molecule has 1 saturated heterocycles. The van der Waals surface area contributed by atoms with Crippen LogP contribution in [0.2, 0.25) is 0 Å². The van der Waals surface area contributed by atoms with Crippen LogP contribution >= 0.6 is 0 Å². The number of fused-ring (bicyclic) bond motifs is 2. The summed E-state index contributed by atoms with van der Waals surface area (Å²) in [6.45, 7) is 2.09. The number of pyridine rings is 1. The second-order valence-corrected chi connectivity index (χ2v) is 7.55. The van der Waals surface area contributed by atoms with Gasteiger partial charge in [-0.25, -0.2) is 9.78 Å². The third kappa shape index (κ3) is 2.58. The lowest BCUT2D eigenvalue weighted by molar-refractivity contribution is 0.123. The molecule has 2 aliphatic rings. The molecule has 5 rings (SSSR count). The molecule has 0 saturated carbocycles. The minimum Gasteiger partial charge on any atom is -0.296 e. The van der Waals surface area contributed by atoms with Crippen molar-refractivity contribution >= 4 is 11.2 Å². The standard InChI is InChI=1S/C21H24N4O/c26-21-23-20-19(9-4-12-22-20)25(21)16-10-13-24(14-11-16)18-8-3-6-15-5-1-2-7-17(15)18/h1-2,4-5,7,9,12,16,18H,3,6,8,10-11,13-14H2,(H,22,23,26). The zero-order valence-electron chi connectivity index (χ0n) is 14.9. The number of likely N-dealkylation sites (tertiary alicyclic amines) is 1. The highest BCUT2D eigenvalue weighted by Crippen LogP contribution is 2.37. The normalized spacial score (nSPS) is 21.8. The molecule has 3 heterocycles. The van der Waals surface area contributed by atoms with Crippen molar-refractivity contribution in [2.24, 2.45) is 0 Å². The van der Waals surface area contributed by atoms with Gasteiger partial charge in [0.1, 0.15) is 0 Å². The van der Waals surface area contributed by atoms with E-state index in [-0.39, 0.29) is 11.7 Å². The number of hydrogen-bond donors (Lipinski definition) is 1. The molecular weight excluding hydrogens is 324 g/mol. The Kier molecular flexibility index (Phi) is 3.89. The van der Waals surface area contributed by atoms with Crippen molar-refractivity contribution in [2.75, 3.05) is 13.1 Å². The minimum atomic E-state index is -0.0276. The molecule has 1 aliphatic heterocycles. The van der Waals surface area contributed by atoms with E-state index in [0.29, 0.717) is 11.7 Å². The van der Waals surface area contributed by atoms with Gasteiger partial charge in [0.25, 0.3) is 0 Å². The van der Waals surface area contributed by atoms with Crippen molar-refractivity contribution in [2.45, 2.75) is 44.2 Å². The van der Waals surface area contributed by atoms with Crippen LogP contribution in [0.3, 0.4) is 0 Å². The Morgan fingerprint density at radius 2 is 1.88 bits per heavy atom. The number of rotatable bonds is 2. The van der Waals surface area contributed by atoms with Gasteiger partial charge in [-0.3, -0.25) is 14.5 Å². The number of benzene rings is 1. The first-order valence-corrected chi connectivity index (χ1v) is 9.68. The summed E-state index contributed by atoms with van der Waals surface area (Å²) >= 11 is 0. The number of nitrogens with zero attached hydrogens (tertiary/aromatic N) is 3. The number of H-pyrrole nitrogens is 1. The Balaban J connectivity index is 1.37. The van der Waals surface area contributed by atoms with Crippen LogP contribution in [0.5, 0.6) is 0 Å². The lowest BCUT2D eigenvalue weighted by Crippen LogP contribution is -2.40. The molecule has 1 unspecified atom stereocenters. The second kappa shape index (κ2) is 6.40. The van der Waals surface area contributed by atoms with E-state index in [4.69, 9.17) is 0 Å². The second-order valence-electron chi connectivity index (χ2n) is 7.55. The van der Waals surface area contributed by atoms with Crippen LogP contribution < -0.4 is 5.69 Å². The third-order valence-corrected chi connectivity index (χ3v) is 6.13. The number of aryl methyl sites for hydroxylation is 1. The topological polar surface area (TPSA) is 53.9 Å². The molecule has 0 amide bonds. The molecule has 26 heavy (non-hydrogen) atoms. The van der Waals surface area contributed by atoms with Gasteiger partial charge in [0.15, 0.2) is 5.65 Å². The van der Waals surface area contributed by atoms with Crippen molar-refractivity contribution in [3.05, 3.63) is 64.2 Å². The summed E-state index contributed by atoms with van der Waals surface area (Å²) in [6, 6.07) is 13.6. The molecule has 1 aliphatic carbocycles. The van der Waals surface area contributed by atoms with Gasteiger partial charge in [-0.1, -0.05) is 24.3 Å². The van der Waals surface area contributed by atoms with Crippen molar-refractivity contribution < 1.29 is 0 Å². The van der Waals surface area contributed by atoms with Gasteiger partial charge >= 0.3 is 5.69 Å². The highest BCUT2D eigenvalue weighted by Gasteiger charge is 2.30. The van der Waals surface area contributed by atoms with Crippen LogP contribution in [0.25, 0.3) is 11.2 Å². The Labute approximate surface area is 152 Å². The van der Waals surface area contributed by atoms with Crippen LogP contribution in [-0.2, 0) is 6.42 Å². The quantitative estimate of drug-likeness (QED) is 0.772. The lowest BCUT2D eigenvalue weighted by Gasteiger charge is -2.40. The maximum Gasteiger partial charge on any atom is 0.327 e. The predicted octanol–water partition coefficient (Wildman–Crippen LogP) is 3.44. The molecular formula is C21H24N4O. The molecule has 0 bridgehead atoms. The first kappa shape index (κ1) is 15.8. The van der Waals surface area contributed by atoms with E-state index < -0.39 is 0 Å². The SMILES string of the molecule is O=c1[nH]c2ncccc2n1C1CCN(C2CCCc3ccccc32)CC1. The summed E-state index contributed by atoms with van der Waals surface area (Å²) in [7, 11) is 0. The summed E-state index contributed by atoms with van der Waals surface area (Å²) in [5.41, 5.74) is 4.63. The highest BCUT2D eigenvalue weighted by molar-refractivity contribution is 5.70. The monoisotopic (exact) mass is 348 g/mol. The molecule has 1 N–H and O–H groups in total. The third-order valence-electron chi connectivity index (χ3n) is 6.13. The summed E-state index contributed by atoms with van der Waals surface area (Å²) in [5, 5.41) is 0. The molecule has 5 nitrogen and oxygen atoms in total. The number of aromatic nitrogens is 3. The fourth-order valence-corrected chi connectivity index (χ4v) is 4.88. The molecule has 0 radical (unpaired) electrons. The summed E-state index contributed by atoms with van der Waals surface area (Å²) in [5.74, 6) is 0. The smallest absolute Gasteiger partial charge is 0.296 e. The predicted molar refractivity (Wildman–Crippen MR) is 102 cm³/mol. The Morgan fingerprint density at radius 1 is 1.04 bits per heavy atom. The van der Waals surface area contributed by atoms with Gasteiger partial charge in [-0.15, -0.1) is 0 Å². The average molecular weight is 348 g/mol. The number of piperidine rings is 1. The molecule has 5 heteroatoms. The van der Waals surface area contributed by atoms with Crippen molar-refractivity contribution in [1.82, 2.24) is 19.4 Å². The molecule has 1 fully saturated rings. The van der Waals surface area contributed by atoms with E-state index in [2.05, 4.69) is 39.1 Å². The first-order valence-electron chi connectivity index (χ1n) is 9.68. The van der Waals surface area contributed by atoms with Gasteiger partial charge in [-0.05, 0) is 55.4 Å². The van der Waals surface area contributed by atoms with Gasteiger partial charge in [0, 0.05) is 31.4 Å². The van der Waals surface area contributed by atoms with Crippen molar-refractivity contribution in [3.63, 3.8) is 0 Å². The summed E-state index contributed by atoms with van der Waals surface area (Å²) < 4.78 is 1.93. The van der Waals surface area contributed by atoms with E-state index in [0.717, 1.165) is 31.4 Å². The van der Waals surface area contributed by atoms with E-state index in [1.807, 2.05) is 16.7 Å². The van der Waals surface area contributed by atoms with Crippen LogP contribution in [-0.4, -0.2) is 32.5 Å². The van der Waals surface area contributed by atoms with E-state index in [1.54, 1.807) is 6.20 Å².